The van der Waals surface area contributed by atoms with Crippen LogP contribution >= 0.6 is 27.5 Å². The van der Waals surface area contributed by atoms with E-state index in [1.807, 2.05) is 6.07 Å². The van der Waals surface area contributed by atoms with Crippen molar-refractivity contribution in [1.29, 1.82) is 0 Å². The summed E-state index contributed by atoms with van der Waals surface area (Å²) in [6.45, 7) is 0. The molecule has 0 aliphatic carbocycles. The number of anilines is 1. The van der Waals surface area contributed by atoms with Crippen molar-refractivity contribution in [3.05, 3.63) is 33.9 Å². The number of hydrogen-bond acceptors (Lipinski definition) is 3. The highest BCUT2D eigenvalue weighted by Gasteiger charge is 2.09. The summed E-state index contributed by atoms with van der Waals surface area (Å²) in [7, 11) is 0. The van der Waals surface area contributed by atoms with Gasteiger partial charge in [-0.1, -0.05) is 32.7 Å². The van der Waals surface area contributed by atoms with Crippen LogP contribution in [0.4, 0.5) is 5.69 Å². The Morgan fingerprint density at radius 3 is 2.71 bits per heavy atom. The van der Waals surface area contributed by atoms with Crippen LogP contribution in [0.1, 0.15) is 0 Å². The van der Waals surface area contributed by atoms with Gasteiger partial charge in [0.2, 0.25) is 0 Å². The van der Waals surface area contributed by atoms with Gasteiger partial charge in [0, 0.05) is 15.1 Å². The van der Waals surface area contributed by atoms with Crippen LogP contribution in [0.15, 0.2) is 33.4 Å². The molecule has 0 saturated carbocycles. The second kappa shape index (κ2) is 3.63. The van der Waals surface area contributed by atoms with E-state index in [4.69, 9.17) is 21.9 Å². The molecule has 2 rings (SSSR count). The maximum Gasteiger partial charge on any atom is 0.189 e. The molecule has 0 amide bonds. The molecule has 0 bridgehead atoms. The molecule has 0 saturated heterocycles. The van der Waals surface area contributed by atoms with E-state index in [0.717, 1.165) is 10.0 Å². The van der Waals surface area contributed by atoms with Gasteiger partial charge in [0.1, 0.15) is 5.69 Å². The largest absolute Gasteiger partial charge is 0.394 e. The van der Waals surface area contributed by atoms with Crippen molar-refractivity contribution in [2.24, 2.45) is 0 Å². The lowest BCUT2D eigenvalue weighted by Crippen LogP contribution is -1.84. The number of nitrogens with two attached hydrogens (primary N) is 1. The number of nitrogens with zero attached hydrogens (tertiary/aromatic N) is 1. The molecule has 0 spiro atoms. The van der Waals surface area contributed by atoms with Gasteiger partial charge in [-0.05, 0) is 18.2 Å². The van der Waals surface area contributed by atoms with Crippen molar-refractivity contribution in [3.8, 4) is 11.3 Å². The van der Waals surface area contributed by atoms with E-state index < -0.39 is 0 Å². The van der Waals surface area contributed by atoms with Crippen LogP contribution in [0.25, 0.3) is 11.3 Å². The predicted molar refractivity (Wildman–Crippen MR) is 59.1 cm³/mol. The standard InChI is InChI=1S/C9H6BrClN2O/c10-6-1-5(2-7(11)3-6)9-8(12)4-13-14-9/h1-4H,12H2. The smallest absolute Gasteiger partial charge is 0.189 e. The average molecular weight is 274 g/mol. The Hall–Kier alpha value is -1.000. The summed E-state index contributed by atoms with van der Waals surface area (Å²) in [6, 6.07) is 5.42. The normalized spacial score (nSPS) is 10.4. The lowest BCUT2D eigenvalue weighted by Gasteiger charge is -1.99. The van der Waals surface area contributed by atoms with Crippen LogP contribution in [-0.4, -0.2) is 5.16 Å². The van der Waals surface area contributed by atoms with Crippen LogP contribution in [0.2, 0.25) is 5.02 Å². The number of rotatable bonds is 1. The molecule has 0 unspecified atom stereocenters. The molecular weight excluding hydrogens is 267 g/mol. The van der Waals surface area contributed by atoms with Crippen LogP contribution in [0.3, 0.4) is 0 Å². The van der Waals surface area contributed by atoms with E-state index in [9.17, 15) is 0 Å². The molecule has 0 fully saturated rings. The molecule has 3 nitrogen and oxygen atoms in total. The second-order valence-electron chi connectivity index (χ2n) is 2.77. The number of nitrogen functional groups attached to an aromatic ring is 1. The van der Waals surface area contributed by atoms with Crippen LogP contribution < -0.4 is 5.73 Å². The Balaban J connectivity index is 2.57. The summed E-state index contributed by atoms with van der Waals surface area (Å²) in [5.74, 6) is 0.535. The predicted octanol–water partition coefficient (Wildman–Crippen LogP) is 3.34. The number of aromatic nitrogens is 1. The Kier molecular flexibility index (Phi) is 2.48. The van der Waals surface area contributed by atoms with E-state index >= 15 is 0 Å². The fraction of sp³-hybridized carbons (Fsp3) is 0. The highest BCUT2D eigenvalue weighted by Crippen LogP contribution is 2.30. The molecular formula is C9H6BrClN2O. The Morgan fingerprint density at radius 1 is 1.36 bits per heavy atom. The maximum absolute atomic E-state index is 5.89. The van der Waals surface area contributed by atoms with Gasteiger partial charge >= 0.3 is 0 Å². The van der Waals surface area contributed by atoms with Gasteiger partial charge in [-0.3, -0.25) is 0 Å². The summed E-state index contributed by atoms with van der Waals surface area (Å²) in [5.41, 5.74) is 6.96. The summed E-state index contributed by atoms with van der Waals surface area (Å²) < 4.78 is 5.88. The molecule has 5 heteroatoms. The average Bonchev–Trinajstić information content (AvgIpc) is 2.49. The van der Waals surface area contributed by atoms with Crippen LogP contribution in [0.5, 0.6) is 0 Å². The summed E-state index contributed by atoms with van der Waals surface area (Å²) in [5, 5.41) is 4.21. The van der Waals surface area contributed by atoms with Crippen LogP contribution in [0, 0.1) is 0 Å². The third-order valence-electron chi connectivity index (χ3n) is 1.72. The Morgan fingerprint density at radius 2 is 2.14 bits per heavy atom. The van der Waals surface area contributed by atoms with Gasteiger partial charge in [0.05, 0.1) is 6.20 Å². The zero-order valence-corrected chi connectivity index (χ0v) is 9.34. The Bertz CT molecular complexity index is 449. The van der Waals surface area contributed by atoms with Crippen molar-refractivity contribution >= 4 is 33.2 Å². The van der Waals surface area contributed by atoms with Crippen molar-refractivity contribution < 1.29 is 4.52 Å². The zero-order chi connectivity index (χ0) is 10.1. The lowest BCUT2D eigenvalue weighted by atomic mass is 10.1. The summed E-state index contributed by atoms with van der Waals surface area (Å²) in [4.78, 5) is 0. The first kappa shape index (κ1) is 9.55. The summed E-state index contributed by atoms with van der Waals surface area (Å²) >= 11 is 9.22. The first-order valence-corrected chi connectivity index (χ1v) is 5.00. The van der Waals surface area contributed by atoms with Gasteiger partial charge in [0.15, 0.2) is 5.76 Å². The first-order valence-electron chi connectivity index (χ1n) is 3.83. The molecule has 1 aromatic carbocycles. The molecule has 1 aromatic heterocycles. The minimum absolute atomic E-state index is 0.499. The molecule has 0 radical (unpaired) electrons. The molecule has 14 heavy (non-hydrogen) atoms. The molecule has 2 aromatic rings. The van der Waals surface area contributed by atoms with Gasteiger partial charge in [0.25, 0.3) is 0 Å². The van der Waals surface area contributed by atoms with Crippen LogP contribution in [-0.2, 0) is 0 Å². The number of hydrogen-bond donors (Lipinski definition) is 1. The third-order valence-corrected chi connectivity index (χ3v) is 2.40. The Labute approximate surface area is 94.0 Å². The highest BCUT2D eigenvalue weighted by molar-refractivity contribution is 9.10. The second-order valence-corrected chi connectivity index (χ2v) is 4.12. The van der Waals surface area contributed by atoms with E-state index in [1.54, 1.807) is 12.1 Å². The molecule has 2 N–H and O–H groups in total. The van der Waals surface area contributed by atoms with Crippen molar-refractivity contribution in [2.45, 2.75) is 0 Å². The monoisotopic (exact) mass is 272 g/mol. The van der Waals surface area contributed by atoms with E-state index in [0.29, 0.717) is 16.5 Å². The fourth-order valence-electron chi connectivity index (χ4n) is 1.15. The van der Waals surface area contributed by atoms with E-state index in [-0.39, 0.29) is 0 Å². The van der Waals surface area contributed by atoms with E-state index in [1.165, 1.54) is 6.20 Å². The van der Waals surface area contributed by atoms with Gasteiger partial charge < -0.3 is 10.3 Å². The third kappa shape index (κ3) is 1.76. The molecule has 72 valence electrons. The topological polar surface area (TPSA) is 52.0 Å². The van der Waals surface area contributed by atoms with Gasteiger partial charge in [-0.2, -0.15) is 0 Å². The number of halogens is 2. The van der Waals surface area contributed by atoms with Crippen molar-refractivity contribution in [1.82, 2.24) is 5.16 Å². The number of benzene rings is 1. The van der Waals surface area contributed by atoms with Crippen molar-refractivity contribution in [3.63, 3.8) is 0 Å². The minimum atomic E-state index is 0.499. The zero-order valence-electron chi connectivity index (χ0n) is 7.00. The molecule has 0 aliphatic rings. The molecule has 0 aliphatic heterocycles. The SMILES string of the molecule is Nc1cnoc1-c1cc(Cl)cc(Br)c1. The molecule has 1 heterocycles. The minimum Gasteiger partial charge on any atom is -0.394 e. The quantitative estimate of drug-likeness (QED) is 0.867. The highest BCUT2D eigenvalue weighted by atomic mass is 79.9. The van der Waals surface area contributed by atoms with Gasteiger partial charge in [-0.25, -0.2) is 0 Å². The maximum atomic E-state index is 5.89. The fourth-order valence-corrected chi connectivity index (χ4v) is 2.01. The lowest BCUT2D eigenvalue weighted by molar-refractivity contribution is 0.432. The van der Waals surface area contributed by atoms with Gasteiger partial charge in [-0.15, -0.1) is 0 Å². The van der Waals surface area contributed by atoms with Crippen molar-refractivity contribution in [2.75, 3.05) is 5.73 Å². The first-order chi connectivity index (χ1) is 6.66. The molecule has 0 atom stereocenters. The van der Waals surface area contributed by atoms with E-state index in [2.05, 4.69) is 21.1 Å². The summed E-state index contributed by atoms with van der Waals surface area (Å²) in [6.07, 6.45) is 1.46.